The molecule has 1 aliphatic rings. The minimum Gasteiger partial charge on any atom is -0.478 e. The third-order valence-corrected chi connectivity index (χ3v) is 4.24. The van der Waals surface area contributed by atoms with Crippen LogP contribution in [0.3, 0.4) is 0 Å². The lowest BCUT2D eigenvalue weighted by atomic mass is 9.88. The Morgan fingerprint density at radius 3 is 2.41 bits per heavy atom. The molecule has 2 rings (SSSR count). The lowest BCUT2D eigenvalue weighted by Crippen LogP contribution is -2.42. The van der Waals surface area contributed by atoms with Gasteiger partial charge < -0.3 is 10.0 Å². The van der Waals surface area contributed by atoms with E-state index in [9.17, 15) is 19.7 Å². The number of carboxylic acid groups (broad SMARTS) is 1. The number of amides is 1. The van der Waals surface area contributed by atoms with Gasteiger partial charge in [0, 0.05) is 30.8 Å². The molecule has 22 heavy (non-hydrogen) atoms. The monoisotopic (exact) mass is 306 g/mol. The SMILES string of the molecule is CC1CCN(C(=O)c2cc(C(=O)O)cc([N+](=O)[O-])c2)CC1C. The van der Waals surface area contributed by atoms with Crippen LogP contribution in [0.5, 0.6) is 0 Å². The third kappa shape index (κ3) is 3.24. The average Bonchev–Trinajstić information content (AvgIpc) is 2.48. The van der Waals surface area contributed by atoms with Crippen molar-refractivity contribution in [3.8, 4) is 0 Å². The molecule has 1 heterocycles. The van der Waals surface area contributed by atoms with Gasteiger partial charge in [-0.1, -0.05) is 13.8 Å². The molecular formula is C15H18N2O5. The molecule has 1 fully saturated rings. The van der Waals surface area contributed by atoms with Crippen molar-refractivity contribution in [3.63, 3.8) is 0 Å². The summed E-state index contributed by atoms with van der Waals surface area (Å²) in [5.41, 5.74) is -0.592. The first-order valence-corrected chi connectivity index (χ1v) is 7.11. The maximum atomic E-state index is 12.5. The molecule has 1 N–H and O–H groups in total. The predicted octanol–water partition coefficient (Wildman–Crippen LogP) is 2.41. The third-order valence-electron chi connectivity index (χ3n) is 4.24. The maximum absolute atomic E-state index is 12.5. The lowest BCUT2D eigenvalue weighted by molar-refractivity contribution is -0.384. The Hall–Kier alpha value is -2.44. The summed E-state index contributed by atoms with van der Waals surface area (Å²) in [5, 5.41) is 19.9. The van der Waals surface area contributed by atoms with E-state index >= 15 is 0 Å². The highest BCUT2D eigenvalue weighted by Gasteiger charge is 2.28. The topological polar surface area (TPSA) is 101 Å². The summed E-state index contributed by atoms with van der Waals surface area (Å²) in [6.07, 6.45) is 0.869. The number of nitro groups is 1. The molecule has 1 aliphatic heterocycles. The summed E-state index contributed by atoms with van der Waals surface area (Å²) < 4.78 is 0. The molecule has 7 heteroatoms. The van der Waals surface area contributed by atoms with Crippen molar-refractivity contribution in [2.24, 2.45) is 11.8 Å². The van der Waals surface area contributed by atoms with Gasteiger partial charge in [0.2, 0.25) is 0 Å². The molecule has 0 saturated carbocycles. The van der Waals surface area contributed by atoms with Gasteiger partial charge >= 0.3 is 5.97 Å². The average molecular weight is 306 g/mol. The number of carbonyl (C=O) groups is 2. The van der Waals surface area contributed by atoms with Crippen molar-refractivity contribution in [1.29, 1.82) is 0 Å². The summed E-state index contributed by atoms with van der Waals surface area (Å²) in [6.45, 7) is 5.34. The molecule has 2 unspecified atom stereocenters. The molecule has 1 aromatic carbocycles. The number of nitrogens with zero attached hydrogens (tertiary/aromatic N) is 2. The molecule has 0 aliphatic carbocycles. The first-order valence-electron chi connectivity index (χ1n) is 7.11. The Morgan fingerprint density at radius 1 is 1.23 bits per heavy atom. The van der Waals surface area contributed by atoms with Crippen molar-refractivity contribution >= 4 is 17.6 Å². The highest BCUT2D eigenvalue weighted by Crippen LogP contribution is 2.25. The van der Waals surface area contributed by atoms with Crippen LogP contribution >= 0.6 is 0 Å². The first kappa shape index (κ1) is 15.9. The van der Waals surface area contributed by atoms with E-state index in [1.165, 1.54) is 6.07 Å². The standard InChI is InChI=1S/C15H18N2O5/c1-9-3-4-16(8-10(9)2)14(18)11-5-12(15(19)20)7-13(6-11)17(21)22/h5-7,9-10H,3-4,8H2,1-2H3,(H,19,20). The van der Waals surface area contributed by atoms with Gasteiger partial charge in [-0.25, -0.2) is 4.79 Å². The van der Waals surface area contributed by atoms with E-state index in [1.54, 1.807) is 4.90 Å². The number of carbonyl (C=O) groups excluding carboxylic acids is 1. The van der Waals surface area contributed by atoms with E-state index < -0.39 is 10.9 Å². The fraction of sp³-hybridized carbons (Fsp3) is 0.467. The highest BCUT2D eigenvalue weighted by molar-refractivity contribution is 5.98. The van der Waals surface area contributed by atoms with Gasteiger partial charge in [0.05, 0.1) is 10.5 Å². The number of piperidine rings is 1. The summed E-state index contributed by atoms with van der Waals surface area (Å²) in [5.74, 6) is -0.789. The zero-order valence-electron chi connectivity index (χ0n) is 12.5. The maximum Gasteiger partial charge on any atom is 0.335 e. The largest absolute Gasteiger partial charge is 0.478 e. The van der Waals surface area contributed by atoms with Crippen LogP contribution in [-0.2, 0) is 0 Å². The number of non-ortho nitro benzene ring substituents is 1. The molecule has 0 radical (unpaired) electrons. The minimum absolute atomic E-state index is 0.0494. The van der Waals surface area contributed by atoms with Crippen molar-refractivity contribution in [3.05, 3.63) is 39.4 Å². The Kier molecular flexibility index (Phi) is 4.44. The summed E-state index contributed by atoms with van der Waals surface area (Å²) in [7, 11) is 0. The van der Waals surface area contributed by atoms with Gasteiger partial charge in [-0.15, -0.1) is 0 Å². The molecule has 1 saturated heterocycles. The molecular weight excluding hydrogens is 288 g/mol. The highest BCUT2D eigenvalue weighted by atomic mass is 16.6. The van der Waals surface area contributed by atoms with E-state index in [0.29, 0.717) is 24.9 Å². The van der Waals surface area contributed by atoms with Gasteiger partial charge in [0.25, 0.3) is 11.6 Å². The van der Waals surface area contributed by atoms with E-state index in [2.05, 4.69) is 13.8 Å². The molecule has 0 bridgehead atoms. The molecule has 1 aromatic rings. The molecule has 0 aromatic heterocycles. The second kappa shape index (κ2) is 6.13. The van der Waals surface area contributed by atoms with Crippen LogP contribution in [0.25, 0.3) is 0 Å². The number of likely N-dealkylation sites (tertiary alicyclic amines) is 1. The Balaban J connectivity index is 2.33. The Morgan fingerprint density at radius 2 is 1.86 bits per heavy atom. The summed E-state index contributed by atoms with van der Waals surface area (Å²) in [4.78, 5) is 35.4. The normalized spacial score (nSPS) is 21.5. The van der Waals surface area contributed by atoms with Crippen molar-refractivity contribution in [2.45, 2.75) is 20.3 Å². The first-order chi connectivity index (χ1) is 10.3. The quantitative estimate of drug-likeness (QED) is 0.682. The van der Waals surface area contributed by atoms with Gasteiger partial charge in [0.1, 0.15) is 0 Å². The Labute approximate surface area is 127 Å². The second-order valence-corrected chi connectivity index (χ2v) is 5.83. The van der Waals surface area contributed by atoms with Crippen molar-refractivity contribution < 1.29 is 19.6 Å². The van der Waals surface area contributed by atoms with E-state index in [1.807, 2.05) is 0 Å². The number of nitro benzene ring substituents is 1. The van der Waals surface area contributed by atoms with Crippen LogP contribution in [0.1, 0.15) is 41.0 Å². The second-order valence-electron chi connectivity index (χ2n) is 5.83. The fourth-order valence-electron chi connectivity index (χ4n) is 2.59. The zero-order valence-corrected chi connectivity index (χ0v) is 12.5. The summed E-state index contributed by atoms with van der Waals surface area (Å²) in [6, 6.07) is 3.29. The van der Waals surface area contributed by atoms with Gasteiger partial charge in [-0.05, 0) is 24.3 Å². The minimum atomic E-state index is -1.29. The molecule has 0 spiro atoms. The fourth-order valence-corrected chi connectivity index (χ4v) is 2.59. The van der Waals surface area contributed by atoms with E-state index in [0.717, 1.165) is 18.6 Å². The number of rotatable bonds is 3. The number of hydrogen-bond donors (Lipinski definition) is 1. The molecule has 118 valence electrons. The van der Waals surface area contributed by atoms with Crippen LogP contribution in [0.2, 0.25) is 0 Å². The number of hydrogen-bond acceptors (Lipinski definition) is 4. The van der Waals surface area contributed by atoms with Gasteiger partial charge in [-0.3, -0.25) is 14.9 Å². The molecule has 7 nitrogen and oxygen atoms in total. The predicted molar refractivity (Wildman–Crippen MR) is 78.9 cm³/mol. The van der Waals surface area contributed by atoms with Crippen molar-refractivity contribution in [2.75, 3.05) is 13.1 Å². The van der Waals surface area contributed by atoms with E-state index in [4.69, 9.17) is 5.11 Å². The van der Waals surface area contributed by atoms with Crippen LogP contribution in [0, 0.1) is 22.0 Å². The smallest absolute Gasteiger partial charge is 0.335 e. The van der Waals surface area contributed by atoms with Gasteiger partial charge in [0.15, 0.2) is 0 Å². The molecule has 1 amide bonds. The molecule has 2 atom stereocenters. The number of benzene rings is 1. The van der Waals surface area contributed by atoms with Crippen LogP contribution in [0.4, 0.5) is 5.69 Å². The van der Waals surface area contributed by atoms with Gasteiger partial charge in [-0.2, -0.15) is 0 Å². The van der Waals surface area contributed by atoms with Crippen LogP contribution in [0.15, 0.2) is 18.2 Å². The van der Waals surface area contributed by atoms with Crippen LogP contribution in [-0.4, -0.2) is 39.9 Å². The zero-order chi connectivity index (χ0) is 16.4. The van der Waals surface area contributed by atoms with Crippen LogP contribution < -0.4 is 0 Å². The Bertz CT molecular complexity index is 596. The number of carboxylic acids is 1. The lowest BCUT2D eigenvalue weighted by Gasteiger charge is -2.35. The number of aromatic carboxylic acids is 1. The summed E-state index contributed by atoms with van der Waals surface area (Å²) >= 11 is 0. The van der Waals surface area contributed by atoms with E-state index in [-0.39, 0.29) is 22.7 Å². The van der Waals surface area contributed by atoms with Crippen molar-refractivity contribution in [1.82, 2.24) is 4.90 Å².